The van der Waals surface area contributed by atoms with Gasteiger partial charge in [-0.1, -0.05) is 331 Å². The van der Waals surface area contributed by atoms with Crippen molar-refractivity contribution < 1.29 is 8.94 Å². The molecule has 0 radical (unpaired) electrons. The predicted molar refractivity (Wildman–Crippen MR) is 566 cm³/mol. The van der Waals surface area contributed by atoms with Crippen LogP contribution in [0.4, 0.5) is 0 Å². The van der Waals surface area contributed by atoms with E-state index in [1.165, 1.54) is 47.7 Å². The number of hydrogen-bond donors (Lipinski definition) is 5. The number of hydrogen-bond acceptors (Lipinski definition) is 23. The minimum Gasteiger partial charge on any atom is -0.473 e. The molecule has 0 saturated carbocycles. The molecule has 15 aromatic rings. The molecule has 0 atom stereocenters. The van der Waals surface area contributed by atoms with Gasteiger partial charge in [-0.15, -0.1) is 21.6 Å². The SMILES string of the molecule is C.C.C.C.C.C.C.C.C.C.C.C1N=NN=N1.CC.CC.CC.CC.CC.CC.CC.CC.CC.CC.CC.CC.CC.CC.CC.c1c[nH]cn1.c1cc[nH]c1.c1ccc2[nH]ccc2c1.c1ccncc1.c1ccnnc1.c1ccoc1.c1ccsc1.c1cn[nH]c1.c1cnccn1.c1cncnc1.c1cnoc1.c1cnsc1.c1cscn1.c1nc[nH]n1. The van der Waals surface area contributed by atoms with E-state index >= 15 is 0 Å². The summed E-state index contributed by atoms with van der Waals surface area (Å²) in [5.41, 5.74) is 3.00. The van der Waals surface area contributed by atoms with Gasteiger partial charge in [0.2, 0.25) is 0 Å². The summed E-state index contributed by atoms with van der Waals surface area (Å²) in [6.45, 7) is 60.4. The van der Waals surface area contributed by atoms with E-state index in [2.05, 4.69) is 143 Å². The van der Waals surface area contributed by atoms with Crippen molar-refractivity contribution in [2.24, 2.45) is 20.7 Å². The summed E-state index contributed by atoms with van der Waals surface area (Å²) in [5, 5.41) is 44.9. The van der Waals surface area contributed by atoms with Gasteiger partial charge in [0.15, 0.2) is 6.67 Å². The Morgan fingerprint density at radius 3 is 0.952 bits per heavy atom. The van der Waals surface area contributed by atoms with Gasteiger partial charge < -0.3 is 23.9 Å². The first-order valence-corrected chi connectivity index (χ1v) is 41.6. The van der Waals surface area contributed by atoms with E-state index in [1.807, 2.05) is 339 Å². The van der Waals surface area contributed by atoms with Gasteiger partial charge in [-0.2, -0.15) is 31.7 Å². The van der Waals surface area contributed by atoms with Crippen molar-refractivity contribution in [1.82, 2.24) is 94.9 Å². The first-order chi connectivity index (χ1) is 56.5. The molecule has 5 N–H and O–H groups in total. The molecule has 0 amide bonds. The molecule has 28 heteroatoms. The van der Waals surface area contributed by atoms with E-state index in [0.717, 1.165) is 0 Å². The summed E-state index contributed by atoms with van der Waals surface area (Å²) in [5.74, 6) is 0. The van der Waals surface area contributed by atoms with Gasteiger partial charge in [-0.05, 0) is 123 Å². The number of fused-ring (bicyclic) bond motifs is 1. The van der Waals surface area contributed by atoms with Crippen LogP contribution < -0.4 is 0 Å². The molecule has 1 aliphatic rings. The number of furan rings is 1. The molecular formula is C96H193N23O2S3. The average Bonchev–Trinajstić information content (AvgIpc) is 1.74. The molecule has 0 aliphatic carbocycles. The maximum absolute atomic E-state index is 4.58. The van der Waals surface area contributed by atoms with Gasteiger partial charge in [0.1, 0.15) is 25.2 Å². The number of rotatable bonds is 0. The van der Waals surface area contributed by atoms with E-state index in [0.29, 0.717) is 6.67 Å². The minimum atomic E-state index is 0. The number of aromatic nitrogens is 19. The Bertz CT molecular complexity index is 2480. The number of imidazole rings is 1. The first-order valence-electron chi connectivity index (χ1n) is 38.9. The van der Waals surface area contributed by atoms with E-state index in [9.17, 15) is 0 Å². The molecular weight excluding hydrogens is 1600 g/mol. The molecule has 0 bridgehead atoms. The van der Waals surface area contributed by atoms with Crippen molar-refractivity contribution in [3.05, 3.63) is 316 Å². The number of benzene rings is 1. The second kappa shape index (κ2) is 239. The quantitative estimate of drug-likeness (QED) is 0.0942. The number of nitrogens with zero attached hydrogens (tertiary/aromatic N) is 18. The predicted octanol–water partition coefficient (Wildman–Crippen LogP) is 35.5. The van der Waals surface area contributed by atoms with E-state index < -0.39 is 0 Å². The smallest absolute Gasteiger partial charge is 0.175 e. The summed E-state index contributed by atoms with van der Waals surface area (Å²) < 4.78 is 12.7. The van der Waals surface area contributed by atoms with E-state index in [-0.39, 0.29) is 81.7 Å². The number of aromatic amines is 5. The van der Waals surface area contributed by atoms with Gasteiger partial charge in [-0.25, -0.2) is 24.3 Å². The summed E-state index contributed by atoms with van der Waals surface area (Å²) in [6.07, 6.45) is 45.3. The molecule has 0 saturated heterocycles. The molecule has 15 heterocycles. The van der Waals surface area contributed by atoms with E-state index in [4.69, 9.17) is 0 Å². The third-order valence-electron chi connectivity index (χ3n) is 7.29. The Labute approximate surface area is 777 Å². The van der Waals surface area contributed by atoms with Crippen molar-refractivity contribution in [3.8, 4) is 0 Å². The van der Waals surface area contributed by atoms with Crippen molar-refractivity contribution in [2.75, 3.05) is 6.67 Å². The van der Waals surface area contributed by atoms with Crippen LogP contribution in [0.5, 0.6) is 0 Å². The maximum Gasteiger partial charge on any atom is 0.175 e. The Balaban J connectivity index is -0.0000000359. The lowest BCUT2D eigenvalue weighted by Gasteiger charge is -1.83. The molecule has 0 fully saturated rings. The molecule has 0 spiro atoms. The van der Waals surface area contributed by atoms with Crippen LogP contribution in [0.15, 0.2) is 346 Å². The number of pyridine rings is 1. The van der Waals surface area contributed by atoms with Crippen molar-refractivity contribution >= 4 is 45.1 Å². The summed E-state index contributed by atoms with van der Waals surface area (Å²) in [4.78, 5) is 38.3. The van der Waals surface area contributed by atoms with Gasteiger partial charge in [-0.3, -0.25) is 30.1 Å². The Morgan fingerprint density at radius 2 is 0.774 bits per heavy atom. The highest BCUT2D eigenvalue weighted by atomic mass is 32.1. The fourth-order valence-electron chi connectivity index (χ4n) is 4.06. The van der Waals surface area contributed by atoms with Crippen LogP contribution in [0.2, 0.25) is 0 Å². The zero-order valence-corrected chi connectivity index (χ0v) is 76.8. The highest BCUT2D eigenvalue weighted by molar-refractivity contribution is 7.07. The van der Waals surface area contributed by atoms with Gasteiger partial charge >= 0.3 is 0 Å². The molecule has 16 rings (SSSR count). The molecule has 1 aromatic carbocycles. The van der Waals surface area contributed by atoms with Crippen LogP contribution in [0.3, 0.4) is 0 Å². The fourth-order valence-corrected chi connectivity index (χ4v) is 5.22. The first kappa shape index (κ1) is 183. The molecule has 1 aliphatic heterocycles. The van der Waals surface area contributed by atoms with Crippen molar-refractivity contribution in [3.63, 3.8) is 0 Å². The minimum absolute atomic E-state index is 0. The topological polar surface area (TPSA) is 335 Å². The van der Waals surface area contributed by atoms with Crippen molar-refractivity contribution in [2.45, 2.75) is 289 Å². The van der Waals surface area contributed by atoms with Crippen molar-refractivity contribution in [1.29, 1.82) is 0 Å². The zero-order chi connectivity index (χ0) is 88.4. The highest BCUT2D eigenvalue weighted by Crippen LogP contribution is 2.09. The monoisotopic (exact) mass is 1800 g/mol. The third kappa shape index (κ3) is 210. The number of para-hydroxylation sites is 1. The third-order valence-corrected chi connectivity index (χ3v) is 8.96. The maximum atomic E-state index is 4.58. The number of H-pyrrole nitrogens is 5. The van der Waals surface area contributed by atoms with Crippen LogP contribution in [0, 0.1) is 0 Å². The van der Waals surface area contributed by atoms with Crippen LogP contribution in [-0.4, -0.2) is 102 Å². The Morgan fingerprint density at radius 1 is 0.290 bits per heavy atom. The van der Waals surface area contributed by atoms with Crippen LogP contribution >= 0.6 is 34.2 Å². The second-order valence-corrected chi connectivity index (χ2v) is 15.4. The van der Waals surface area contributed by atoms with Crippen LogP contribution in [0.25, 0.3) is 10.9 Å². The van der Waals surface area contributed by atoms with Crippen LogP contribution in [0.1, 0.15) is 289 Å². The lowest BCUT2D eigenvalue weighted by Crippen LogP contribution is -1.69. The molecule has 25 nitrogen and oxygen atoms in total. The number of nitrogens with one attached hydrogen (secondary N) is 5. The van der Waals surface area contributed by atoms with Crippen LogP contribution in [-0.2, 0) is 0 Å². The molecule has 722 valence electrons. The van der Waals surface area contributed by atoms with Gasteiger partial charge in [0.05, 0.1) is 30.6 Å². The summed E-state index contributed by atoms with van der Waals surface area (Å²) in [7, 11) is 0. The average molecular weight is 1800 g/mol. The number of thiazole rings is 1. The highest BCUT2D eigenvalue weighted by Gasteiger charge is 1.87. The molecule has 14 aromatic heterocycles. The largest absolute Gasteiger partial charge is 0.473 e. The summed E-state index contributed by atoms with van der Waals surface area (Å²) >= 11 is 4.78. The summed E-state index contributed by atoms with van der Waals surface area (Å²) in [6, 6.07) is 38.5. The van der Waals surface area contributed by atoms with Gasteiger partial charge in [0.25, 0.3) is 0 Å². The Kier molecular flexibility index (Phi) is 352. The van der Waals surface area contributed by atoms with Gasteiger partial charge in [0, 0.05) is 134 Å². The lowest BCUT2D eigenvalue weighted by atomic mass is 10.3. The number of thiophene rings is 1. The lowest BCUT2D eigenvalue weighted by molar-refractivity contribution is 0.420. The second-order valence-electron chi connectivity index (χ2n) is 13.1. The van der Waals surface area contributed by atoms with E-state index in [1.54, 1.807) is 165 Å². The molecule has 0 unspecified atom stereocenters. The Hall–Kier alpha value is -11.4. The zero-order valence-electron chi connectivity index (χ0n) is 74.3. The normalized spacial score (nSPS) is 6.63. The standard InChI is InChI=1S/C8H7N.C5H5N.3C4H4N2.C4H5N.C4H4O.C4H4S.2C3H4N2.C3H3NO.2C3H3NS.C2H3N3.15C2H6.CH2N4.11CH4/c1-2-4-8-7(3-1)5-6-9-8;1-2-4-6-5-3-1;1-2-6-4-3-5-1;1-2-5-4-6-3-1;1-2-4-6-5-3-1;3*1-2-4-5-3-1;1-2-5-3-4-1;2*1-2-4-5-3-1;1-2-5-3-4-1;1-2-4-5-3-1;1-3-2-5-4-1;15*1-2;1-2-4-5-3-1;;;;;;;;;;;/h1-6,9H;1-5H;3*1-4H;1-5H;2*1-4H;2*1-3H,(H,4,5);3*1-3H;1-2H,(H,3,4,5);15*1-2H3;1H2;11*1H4. The fraction of sp³-hybridized carbons (Fsp3) is 0.438. The molecule has 124 heavy (non-hydrogen) atoms.